The number of benzene rings is 1. The zero-order valence-electron chi connectivity index (χ0n) is 13.7. The van der Waals surface area contributed by atoms with Crippen LogP contribution in [-0.4, -0.2) is 36.4 Å². The lowest BCUT2D eigenvalue weighted by Crippen LogP contribution is -2.31. The quantitative estimate of drug-likeness (QED) is 0.483. The number of carbonyl (C=O) groups excluding carboxylic acids is 1. The van der Waals surface area contributed by atoms with E-state index in [-0.39, 0.29) is 17.1 Å². The molecule has 3 aromatic rings. The predicted octanol–water partition coefficient (Wildman–Crippen LogP) is 0.440. The Labute approximate surface area is 146 Å². The maximum atomic E-state index is 12.7. The molecule has 136 valence electrons. The number of methoxy groups -OCH3 is 1. The Kier molecular flexibility index (Phi) is 4.16. The third kappa shape index (κ3) is 2.88. The van der Waals surface area contributed by atoms with Gasteiger partial charge in [0, 0.05) is 16.6 Å². The number of rotatable bonds is 4. The summed E-state index contributed by atoms with van der Waals surface area (Å²) < 4.78 is 32.4. The molecule has 0 aliphatic rings. The van der Waals surface area contributed by atoms with E-state index in [0.29, 0.717) is 10.9 Å². The summed E-state index contributed by atoms with van der Waals surface area (Å²) in [6, 6.07) is 6.61. The summed E-state index contributed by atoms with van der Waals surface area (Å²) in [7, 11) is -3.25. The van der Waals surface area contributed by atoms with Crippen molar-refractivity contribution in [1.82, 2.24) is 15.0 Å². The van der Waals surface area contributed by atoms with Crippen LogP contribution >= 0.6 is 0 Å². The summed E-state index contributed by atoms with van der Waals surface area (Å²) in [4.78, 5) is 41.5. The molecular formula is C15H14N4O6S. The van der Waals surface area contributed by atoms with Crippen molar-refractivity contribution in [3.8, 4) is 0 Å². The van der Waals surface area contributed by atoms with E-state index in [1.807, 2.05) is 4.98 Å². The van der Waals surface area contributed by atoms with Crippen molar-refractivity contribution in [2.45, 2.75) is 11.8 Å². The Morgan fingerprint density at radius 1 is 1.12 bits per heavy atom. The lowest BCUT2D eigenvalue weighted by atomic mass is 10.2. The molecule has 0 unspecified atom stereocenters. The van der Waals surface area contributed by atoms with Crippen molar-refractivity contribution >= 4 is 32.6 Å². The molecule has 0 fully saturated rings. The summed E-state index contributed by atoms with van der Waals surface area (Å²) in [6.45, 7) is 1.28. The molecule has 0 atom stereocenters. The largest absolute Gasteiger partial charge is 0.464 e. The smallest absolute Gasteiger partial charge is 0.356 e. The molecule has 4 N–H and O–H groups in total. The van der Waals surface area contributed by atoms with Crippen LogP contribution in [0.15, 0.2) is 38.8 Å². The van der Waals surface area contributed by atoms with Gasteiger partial charge in [0.15, 0.2) is 10.6 Å². The molecule has 0 amide bonds. The second-order valence-electron chi connectivity index (χ2n) is 5.38. The summed E-state index contributed by atoms with van der Waals surface area (Å²) in [6.07, 6.45) is 0. The molecule has 2 heterocycles. The Bertz CT molecular complexity index is 1230. The van der Waals surface area contributed by atoms with E-state index in [0.717, 1.165) is 7.11 Å². The van der Waals surface area contributed by atoms with E-state index in [1.165, 1.54) is 6.92 Å². The van der Waals surface area contributed by atoms with Crippen LogP contribution in [-0.2, 0) is 14.8 Å². The van der Waals surface area contributed by atoms with Crippen LogP contribution in [0.1, 0.15) is 16.2 Å². The number of aryl methyl sites for hydroxylation is 1. The number of hydrogen-bond donors (Lipinski definition) is 4. The molecule has 0 saturated carbocycles. The molecule has 1 aromatic carbocycles. The number of sulfonamides is 1. The molecule has 0 aliphatic heterocycles. The van der Waals surface area contributed by atoms with Gasteiger partial charge < -0.3 is 14.7 Å². The molecule has 2 aromatic heterocycles. The van der Waals surface area contributed by atoms with Crippen molar-refractivity contribution in [3.63, 3.8) is 0 Å². The van der Waals surface area contributed by atoms with Crippen LogP contribution < -0.4 is 16.0 Å². The second-order valence-corrected chi connectivity index (χ2v) is 7.00. The monoisotopic (exact) mass is 378 g/mol. The number of carbonyl (C=O) groups is 1. The SMILES string of the molecule is COC(=O)c1[nH]c2ccccc2c1NS(=O)(=O)c1c(C)[nH]c(=O)[nH]c1=O. The first kappa shape index (κ1) is 17.5. The van der Waals surface area contributed by atoms with E-state index in [2.05, 4.69) is 19.4 Å². The van der Waals surface area contributed by atoms with Crippen LogP contribution in [0.2, 0.25) is 0 Å². The summed E-state index contributed by atoms with van der Waals surface area (Å²) >= 11 is 0. The molecule has 11 heteroatoms. The molecule has 0 saturated heterocycles. The van der Waals surface area contributed by atoms with Crippen LogP contribution in [0.25, 0.3) is 10.9 Å². The van der Waals surface area contributed by atoms with Gasteiger partial charge in [0.1, 0.15) is 0 Å². The van der Waals surface area contributed by atoms with E-state index in [9.17, 15) is 22.8 Å². The van der Waals surface area contributed by atoms with Crippen molar-refractivity contribution in [3.05, 3.63) is 56.5 Å². The molecule has 0 bridgehead atoms. The molecule has 3 rings (SSSR count). The van der Waals surface area contributed by atoms with Gasteiger partial charge >= 0.3 is 11.7 Å². The molecule has 0 spiro atoms. The fourth-order valence-electron chi connectivity index (χ4n) is 2.60. The third-order valence-electron chi connectivity index (χ3n) is 3.68. The first-order chi connectivity index (χ1) is 12.2. The first-order valence-electron chi connectivity index (χ1n) is 7.29. The van der Waals surface area contributed by atoms with E-state index in [4.69, 9.17) is 0 Å². The Morgan fingerprint density at radius 2 is 1.81 bits per heavy atom. The van der Waals surface area contributed by atoms with E-state index < -0.39 is 32.1 Å². The number of esters is 1. The number of para-hydroxylation sites is 1. The average molecular weight is 378 g/mol. The summed E-state index contributed by atoms with van der Waals surface area (Å²) in [5.74, 6) is -0.786. The van der Waals surface area contributed by atoms with Crippen LogP contribution in [0.4, 0.5) is 5.69 Å². The van der Waals surface area contributed by atoms with E-state index >= 15 is 0 Å². The van der Waals surface area contributed by atoms with Gasteiger partial charge in [-0.2, -0.15) is 0 Å². The minimum atomic E-state index is -4.41. The molecule has 0 radical (unpaired) electrons. The van der Waals surface area contributed by atoms with Crippen molar-refractivity contribution < 1.29 is 17.9 Å². The second kappa shape index (κ2) is 6.19. The molecular weight excluding hydrogens is 364 g/mol. The van der Waals surface area contributed by atoms with Gasteiger partial charge in [0.25, 0.3) is 15.6 Å². The Hall–Kier alpha value is -3.34. The van der Waals surface area contributed by atoms with Gasteiger partial charge in [-0.15, -0.1) is 0 Å². The molecule has 26 heavy (non-hydrogen) atoms. The third-order valence-corrected chi connectivity index (χ3v) is 5.18. The lowest BCUT2D eigenvalue weighted by Gasteiger charge is -2.10. The van der Waals surface area contributed by atoms with Crippen molar-refractivity contribution in [2.75, 3.05) is 11.8 Å². The maximum absolute atomic E-state index is 12.7. The number of nitrogens with one attached hydrogen (secondary N) is 4. The number of aromatic nitrogens is 3. The summed E-state index contributed by atoms with van der Waals surface area (Å²) in [5.41, 5.74) is -1.70. The van der Waals surface area contributed by atoms with Gasteiger partial charge in [-0.1, -0.05) is 18.2 Å². The number of anilines is 1. The Balaban J connectivity index is 2.22. The van der Waals surface area contributed by atoms with Gasteiger partial charge in [-0.05, 0) is 13.0 Å². The fraction of sp³-hybridized carbons (Fsp3) is 0.133. The van der Waals surface area contributed by atoms with E-state index in [1.54, 1.807) is 24.3 Å². The number of hydrogen-bond acceptors (Lipinski definition) is 6. The zero-order chi connectivity index (χ0) is 19.1. The van der Waals surface area contributed by atoms with Gasteiger partial charge in [-0.3, -0.25) is 14.5 Å². The van der Waals surface area contributed by atoms with Gasteiger partial charge in [0.05, 0.1) is 12.8 Å². The zero-order valence-corrected chi connectivity index (χ0v) is 14.5. The highest BCUT2D eigenvalue weighted by Crippen LogP contribution is 2.30. The van der Waals surface area contributed by atoms with Crippen molar-refractivity contribution in [2.24, 2.45) is 0 Å². The number of aromatic amines is 3. The first-order valence-corrected chi connectivity index (χ1v) is 8.78. The molecule has 10 nitrogen and oxygen atoms in total. The average Bonchev–Trinajstić information content (AvgIpc) is 2.91. The number of fused-ring (bicyclic) bond motifs is 1. The highest BCUT2D eigenvalue weighted by Gasteiger charge is 2.27. The van der Waals surface area contributed by atoms with Crippen LogP contribution in [0, 0.1) is 6.92 Å². The van der Waals surface area contributed by atoms with Crippen LogP contribution in [0.3, 0.4) is 0 Å². The minimum Gasteiger partial charge on any atom is -0.464 e. The van der Waals surface area contributed by atoms with Crippen molar-refractivity contribution in [1.29, 1.82) is 0 Å². The van der Waals surface area contributed by atoms with Crippen LogP contribution in [0.5, 0.6) is 0 Å². The summed E-state index contributed by atoms with van der Waals surface area (Å²) in [5, 5.41) is 0.412. The highest BCUT2D eigenvalue weighted by atomic mass is 32.2. The topological polar surface area (TPSA) is 154 Å². The maximum Gasteiger partial charge on any atom is 0.356 e. The number of H-pyrrole nitrogens is 3. The van der Waals surface area contributed by atoms with Gasteiger partial charge in [-0.25, -0.2) is 18.0 Å². The number of ether oxygens (including phenoxy) is 1. The van der Waals surface area contributed by atoms with Gasteiger partial charge in [0.2, 0.25) is 0 Å². The Morgan fingerprint density at radius 3 is 2.46 bits per heavy atom. The fourth-order valence-corrected chi connectivity index (χ4v) is 3.93. The standard InChI is InChI=1S/C15H14N4O6S/c1-7-12(13(20)18-15(22)16-7)26(23,24)19-10-8-5-3-4-6-9(8)17-11(10)14(21)25-2/h3-6,17,19H,1-2H3,(H2,16,18,20,22). The predicted molar refractivity (Wildman–Crippen MR) is 92.9 cm³/mol. The highest BCUT2D eigenvalue weighted by molar-refractivity contribution is 7.92. The molecule has 0 aliphatic carbocycles. The minimum absolute atomic E-state index is 0.0579. The normalized spacial score (nSPS) is 11.5. The lowest BCUT2D eigenvalue weighted by molar-refractivity contribution is 0.0596.